The van der Waals surface area contributed by atoms with E-state index in [0.29, 0.717) is 10.6 Å². The number of nitrogens with zero attached hydrogens (tertiary/aromatic N) is 1. The number of hydrogen-bond acceptors (Lipinski definition) is 4. The van der Waals surface area contributed by atoms with E-state index in [2.05, 4.69) is 10.3 Å². The number of carboxylic acids is 1. The molecule has 0 atom stereocenters. The van der Waals surface area contributed by atoms with Crippen LogP contribution in [0.5, 0.6) is 0 Å². The highest BCUT2D eigenvalue weighted by molar-refractivity contribution is 7.13. The van der Waals surface area contributed by atoms with Gasteiger partial charge in [0.15, 0.2) is 0 Å². The van der Waals surface area contributed by atoms with E-state index in [1.807, 2.05) is 0 Å². The van der Waals surface area contributed by atoms with Crippen molar-refractivity contribution < 1.29 is 19.1 Å². The van der Waals surface area contributed by atoms with Gasteiger partial charge < -0.3 is 10.4 Å². The third kappa shape index (κ3) is 3.35. The summed E-state index contributed by atoms with van der Waals surface area (Å²) in [6, 6.07) is 5.74. The molecule has 1 amide bonds. The number of aliphatic carboxylic acids is 1. The SMILES string of the molecule is O=C(O)CNC(=O)c1csc(-c2ccc(F)cc2)n1. The topological polar surface area (TPSA) is 79.3 Å². The Hall–Kier alpha value is -2.28. The van der Waals surface area contributed by atoms with Gasteiger partial charge in [-0.25, -0.2) is 9.37 Å². The van der Waals surface area contributed by atoms with E-state index < -0.39 is 18.4 Å². The highest BCUT2D eigenvalue weighted by atomic mass is 32.1. The van der Waals surface area contributed by atoms with Gasteiger partial charge in [0.1, 0.15) is 23.1 Å². The van der Waals surface area contributed by atoms with Crippen molar-refractivity contribution in [1.29, 1.82) is 0 Å². The molecule has 0 radical (unpaired) electrons. The molecule has 1 aromatic carbocycles. The van der Waals surface area contributed by atoms with Crippen LogP contribution in [0.25, 0.3) is 10.6 Å². The minimum atomic E-state index is -1.12. The molecule has 1 aromatic heterocycles. The zero-order chi connectivity index (χ0) is 13.8. The van der Waals surface area contributed by atoms with Crippen LogP contribution in [0.3, 0.4) is 0 Å². The number of aromatic nitrogens is 1. The number of hydrogen-bond donors (Lipinski definition) is 2. The molecule has 19 heavy (non-hydrogen) atoms. The number of halogens is 1. The van der Waals surface area contributed by atoms with E-state index in [9.17, 15) is 14.0 Å². The minimum Gasteiger partial charge on any atom is -0.480 e. The summed E-state index contributed by atoms with van der Waals surface area (Å²) in [7, 11) is 0. The molecule has 0 unspecified atom stereocenters. The van der Waals surface area contributed by atoms with Crippen molar-refractivity contribution in [1.82, 2.24) is 10.3 Å². The monoisotopic (exact) mass is 280 g/mol. The van der Waals surface area contributed by atoms with Crippen LogP contribution in [0.1, 0.15) is 10.5 Å². The summed E-state index contributed by atoms with van der Waals surface area (Å²) in [4.78, 5) is 26.0. The molecule has 1 heterocycles. The van der Waals surface area contributed by atoms with Crippen molar-refractivity contribution in [2.75, 3.05) is 6.54 Å². The molecule has 0 spiro atoms. The lowest BCUT2D eigenvalue weighted by Gasteiger charge is -1.98. The van der Waals surface area contributed by atoms with Gasteiger partial charge in [-0.15, -0.1) is 11.3 Å². The maximum Gasteiger partial charge on any atom is 0.322 e. The fourth-order valence-electron chi connectivity index (χ4n) is 1.35. The van der Waals surface area contributed by atoms with Crippen LogP contribution in [-0.4, -0.2) is 28.5 Å². The summed E-state index contributed by atoms with van der Waals surface area (Å²) < 4.78 is 12.8. The zero-order valence-electron chi connectivity index (χ0n) is 9.59. The second kappa shape index (κ2) is 5.57. The summed E-state index contributed by atoms with van der Waals surface area (Å²) in [5.41, 5.74) is 0.842. The van der Waals surface area contributed by atoms with Crippen LogP contribution >= 0.6 is 11.3 Å². The van der Waals surface area contributed by atoms with Crippen molar-refractivity contribution in [3.63, 3.8) is 0 Å². The Morgan fingerprint density at radius 3 is 2.63 bits per heavy atom. The van der Waals surface area contributed by atoms with Gasteiger partial charge in [0.2, 0.25) is 0 Å². The molecule has 2 rings (SSSR count). The Morgan fingerprint density at radius 2 is 2.00 bits per heavy atom. The van der Waals surface area contributed by atoms with Gasteiger partial charge in [-0.2, -0.15) is 0 Å². The largest absolute Gasteiger partial charge is 0.480 e. The summed E-state index contributed by atoms with van der Waals surface area (Å²) in [6.07, 6.45) is 0. The molecule has 7 heteroatoms. The molecular formula is C12H9FN2O3S. The van der Waals surface area contributed by atoms with Crippen LogP contribution in [0.15, 0.2) is 29.6 Å². The number of carbonyl (C=O) groups excluding carboxylic acids is 1. The Balaban J connectivity index is 2.12. The number of benzene rings is 1. The average molecular weight is 280 g/mol. The first-order chi connectivity index (χ1) is 9.06. The van der Waals surface area contributed by atoms with Crippen LogP contribution < -0.4 is 5.32 Å². The Labute approximate surface area is 111 Å². The van der Waals surface area contributed by atoms with Crippen LogP contribution in [0.2, 0.25) is 0 Å². The summed E-state index contributed by atoms with van der Waals surface area (Å²) >= 11 is 1.23. The predicted molar refractivity (Wildman–Crippen MR) is 67.5 cm³/mol. The van der Waals surface area contributed by atoms with Crippen molar-refractivity contribution in [3.8, 4) is 10.6 Å². The summed E-state index contributed by atoms with van der Waals surface area (Å²) in [5.74, 6) is -2.02. The van der Waals surface area contributed by atoms with Crippen LogP contribution in [0, 0.1) is 5.82 Å². The molecule has 0 saturated heterocycles. The molecule has 0 bridgehead atoms. The second-order valence-electron chi connectivity index (χ2n) is 3.62. The first-order valence-electron chi connectivity index (χ1n) is 5.28. The van der Waals surface area contributed by atoms with Crippen molar-refractivity contribution in [2.45, 2.75) is 0 Å². The summed E-state index contributed by atoms with van der Waals surface area (Å²) in [5, 5.41) is 12.8. The molecule has 2 aromatic rings. The minimum absolute atomic E-state index is 0.144. The van der Waals surface area contributed by atoms with Gasteiger partial charge in [-0.05, 0) is 24.3 Å². The lowest BCUT2D eigenvalue weighted by Crippen LogP contribution is -2.29. The molecular weight excluding hydrogens is 271 g/mol. The maximum absolute atomic E-state index is 12.8. The standard InChI is InChI=1S/C12H9FN2O3S/c13-8-3-1-7(2-4-8)12-15-9(6-19-12)11(18)14-5-10(16)17/h1-4,6H,5H2,(H,14,18)(H,16,17). The molecule has 98 valence electrons. The van der Waals surface area contributed by atoms with Gasteiger partial charge >= 0.3 is 5.97 Å². The average Bonchev–Trinajstić information content (AvgIpc) is 2.86. The van der Waals surface area contributed by atoms with Gasteiger partial charge in [0, 0.05) is 10.9 Å². The highest BCUT2D eigenvalue weighted by Gasteiger charge is 2.12. The maximum atomic E-state index is 12.8. The number of thiazole rings is 1. The summed E-state index contributed by atoms with van der Waals surface area (Å²) in [6.45, 7) is -0.456. The van der Waals surface area contributed by atoms with Gasteiger partial charge in [-0.1, -0.05) is 0 Å². The third-order valence-electron chi connectivity index (χ3n) is 2.23. The number of nitrogens with one attached hydrogen (secondary N) is 1. The number of carbonyl (C=O) groups is 2. The fraction of sp³-hybridized carbons (Fsp3) is 0.0833. The normalized spacial score (nSPS) is 10.2. The van der Waals surface area contributed by atoms with Gasteiger partial charge in [-0.3, -0.25) is 9.59 Å². The van der Waals surface area contributed by atoms with E-state index in [4.69, 9.17) is 5.11 Å². The molecule has 0 aliphatic heterocycles. The van der Waals surface area contributed by atoms with Crippen molar-refractivity contribution in [3.05, 3.63) is 41.2 Å². The highest BCUT2D eigenvalue weighted by Crippen LogP contribution is 2.23. The number of amides is 1. The van der Waals surface area contributed by atoms with E-state index in [1.165, 1.54) is 28.8 Å². The predicted octanol–water partition coefficient (Wildman–Crippen LogP) is 1.76. The van der Waals surface area contributed by atoms with Crippen molar-refractivity contribution in [2.24, 2.45) is 0 Å². The first kappa shape index (κ1) is 13.2. The third-order valence-corrected chi connectivity index (χ3v) is 3.12. The quantitative estimate of drug-likeness (QED) is 0.894. The molecule has 2 N–H and O–H groups in total. The smallest absolute Gasteiger partial charge is 0.322 e. The first-order valence-corrected chi connectivity index (χ1v) is 6.15. The van der Waals surface area contributed by atoms with E-state index in [1.54, 1.807) is 12.1 Å². The van der Waals surface area contributed by atoms with Crippen LogP contribution in [0.4, 0.5) is 4.39 Å². The van der Waals surface area contributed by atoms with Crippen LogP contribution in [-0.2, 0) is 4.79 Å². The number of rotatable bonds is 4. The Kier molecular flexibility index (Phi) is 3.86. The van der Waals surface area contributed by atoms with Crippen molar-refractivity contribution >= 4 is 23.2 Å². The second-order valence-corrected chi connectivity index (χ2v) is 4.48. The van der Waals surface area contributed by atoms with E-state index in [0.717, 1.165) is 0 Å². The molecule has 5 nitrogen and oxygen atoms in total. The van der Waals surface area contributed by atoms with Gasteiger partial charge in [0.25, 0.3) is 5.91 Å². The Bertz CT molecular complexity index is 610. The molecule has 0 saturated carbocycles. The molecule has 0 fully saturated rings. The van der Waals surface area contributed by atoms with E-state index >= 15 is 0 Å². The molecule has 0 aliphatic rings. The zero-order valence-corrected chi connectivity index (χ0v) is 10.4. The van der Waals surface area contributed by atoms with Gasteiger partial charge in [0.05, 0.1) is 0 Å². The number of carboxylic acid groups (broad SMARTS) is 1. The van der Waals surface area contributed by atoms with E-state index in [-0.39, 0.29) is 11.5 Å². The Morgan fingerprint density at radius 1 is 1.32 bits per heavy atom. The molecule has 0 aliphatic carbocycles. The fourth-order valence-corrected chi connectivity index (χ4v) is 2.16. The lowest BCUT2D eigenvalue weighted by atomic mass is 10.2. The lowest BCUT2D eigenvalue weighted by molar-refractivity contribution is -0.135.